The van der Waals surface area contributed by atoms with Crippen molar-refractivity contribution in [2.45, 2.75) is 16.7 Å². The molecule has 2 nitrogen and oxygen atoms in total. The lowest BCUT2D eigenvalue weighted by Gasteiger charge is -2.21. The summed E-state index contributed by atoms with van der Waals surface area (Å²) in [5.41, 5.74) is 3.54. The number of anilines is 2. The topological polar surface area (TPSA) is 24.4 Å². The van der Waals surface area contributed by atoms with E-state index in [-0.39, 0.29) is 0 Å². The number of hydrogen-bond donors (Lipinski definition) is 1. The molecule has 1 heterocycles. The van der Waals surface area contributed by atoms with Crippen LogP contribution in [-0.2, 0) is 0 Å². The first-order valence-corrected chi connectivity index (χ1v) is 8.62. The third kappa shape index (κ3) is 2.58. The molecule has 102 valence electrons. The molecule has 1 aliphatic heterocycles. The summed E-state index contributed by atoms with van der Waals surface area (Å²) in [4.78, 5) is 7.10. The average Bonchev–Trinajstić information content (AvgIpc) is 2.50. The van der Waals surface area contributed by atoms with Gasteiger partial charge in [-0.3, -0.25) is 4.99 Å². The van der Waals surface area contributed by atoms with Crippen molar-refractivity contribution in [3.63, 3.8) is 0 Å². The zero-order chi connectivity index (χ0) is 13.9. The largest absolute Gasteiger partial charge is 0.354 e. The van der Waals surface area contributed by atoms with Crippen LogP contribution in [0.25, 0.3) is 0 Å². The summed E-state index contributed by atoms with van der Waals surface area (Å²) in [6.45, 7) is 2.89. The van der Waals surface area contributed by atoms with Crippen molar-refractivity contribution in [1.82, 2.24) is 0 Å². The second kappa shape index (κ2) is 5.94. The normalized spacial score (nSPS) is 13.4. The quantitative estimate of drug-likeness (QED) is 0.531. The van der Waals surface area contributed by atoms with E-state index in [0.29, 0.717) is 0 Å². The Balaban J connectivity index is 1.98. The van der Waals surface area contributed by atoms with Crippen LogP contribution in [0.5, 0.6) is 0 Å². The van der Waals surface area contributed by atoms with Gasteiger partial charge < -0.3 is 5.32 Å². The maximum absolute atomic E-state index is 4.55. The monoisotopic (exact) mass is 300 g/mol. The Morgan fingerprint density at radius 3 is 2.75 bits per heavy atom. The molecular weight excluding hydrogens is 284 g/mol. The van der Waals surface area contributed by atoms with Crippen LogP contribution in [0.2, 0.25) is 0 Å². The second-order valence-corrected chi connectivity index (χ2v) is 6.30. The third-order valence-corrected chi connectivity index (χ3v) is 5.00. The number of para-hydroxylation sites is 1. The van der Waals surface area contributed by atoms with Gasteiger partial charge in [0.25, 0.3) is 0 Å². The minimum Gasteiger partial charge on any atom is -0.354 e. The van der Waals surface area contributed by atoms with E-state index in [9.17, 15) is 0 Å². The van der Waals surface area contributed by atoms with Crippen molar-refractivity contribution in [3.8, 4) is 0 Å². The molecule has 0 aromatic heterocycles. The summed E-state index contributed by atoms with van der Waals surface area (Å²) in [6, 6.07) is 14.9. The van der Waals surface area contributed by atoms with Crippen molar-refractivity contribution in [1.29, 1.82) is 0 Å². The number of nitrogens with one attached hydrogen (secondary N) is 1. The molecular formula is C16H16N2S2. The van der Waals surface area contributed by atoms with Gasteiger partial charge >= 0.3 is 0 Å². The number of benzene rings is 2. The van der Waals surface area contributed by atoms with Crippen LogP contribution in [0.3, 0.4) is 0 Å². The molecule has 4 heteroatoms. The lowest BCUT2D eigenvalue weighted by Crippen LogP contribution is -2.02. The third-order valence-electron chi connectivity index (χ3n) is 3.10. The van der Waals surface area contributed by atoms with Crippen molar-refractivity contribution >= 4 is 39.9 Å². The lowest BCUT2D eigenvalue weighted by atomic mass is 10.2. The van der Waals surface area contributed by atoms with Crippen molar-refractivity contribution < 1.29 is 0 Å². The molecule has 0 fully saturated rings. The number of thioether (sulfide) groups is 1. The Hall–Kier alpha value is -1.39. The number of hydrogen-bond acceptors (Lipinski definition) is 4. The van der Waals surface area contributed by atoms with Gasteiger partial charge in [-0.1, -0.05) is 30.0 Å². The van der Waals surface area contributed by atoms with Gasteiger partial charge in [0.1, 0.15) is 0 Å². The van der Waals surface area contributed by atoms with Crippen LogP contribution >= 0.6 is 23.5 Å². The smallest absolute Gasteiger partial charge is 0.0974 e. The van der Waals surface area contributed by atoms with E-state index in [4.69, 9.17) is 0 Å². The van der Waals surface area contributed by atoms with Crippen molar-refractivity contribution in [2.75, 3.05) is 18.1 Å². The molecule has 0 unspecified atom stereocenters. The van der Waals surface area contributed by atoms with Crippen molar-refractivity contribution in [2.24, 2.45) is 4.99 Å². The Morgan fingerprint density at radius 1 is 1.15 bits per heavy atom. The molecule has 2 aromatic carbocycles. The fraction of sp³-hybridized carbons (Fsp3) is 0.188. The zero-order valence-corrected chi connectivity index (χ0v) is 13.1. The Labute approximate surface area is 128 Å². The van der Waals surface area contributed by atoms with Gasteiger partial charge in [-0.15, -0.1) is 11.8 Å². The van der Waals surface area contributed by atoms with E-state index in [1.807, 2.05) is 11.8 Å². The predicted molar refractivity (Wildman–Crippen MR) is 90.9 cm³/mol. The highest BCUT2D eigenvalue weighted by Gasteiger charge is 2.16. The fourth-order valence-corrected chi connectivity index (χ4v) is 3.78. The number of fused-ring (bicyclic) bond motifs is 2. The van der Waals surface area contributed by atoms with Gasteiger partial charge in [-0.2, -0.15) is 0 Å². The predicted octanol–water partition coefficient (Wildman–Crippen LogP) is 5.02. The highest BCUT2D eigenvalue weighted by molar-refractivity contribution is 8.13. The van der Waals surface area contributed by atoms with Crippen LogP contribution in [0.1, 0.15) is 12.5 Å². The first-order valence-electron chi connectivity index (χ1n) is 6.58. The van der Waals surface area contributed by atoms with Gasteiger partial charge in [-0.05, 0) is 37.4 Å². The highest BCUT2D eigenvalue weighted by Crippen LogP contribution is 2.44. The van der Waals surface area contributed by atoms with Crippen LogP contribution in [0.4, 0.5) is 11.4 Å². The number of aliphatic imine (C=N–C) groups is 1. The fourth-order valence-electron chi connectivity index (χ4n) is 2.19. The first-order chi connectivity index (χ1) is 9.81. The Morgan fingerprint density at radius 2 is 1.95 bits per heavy atom. The summed E-state index contributed by atoms with van der Waals surface area (Å²) in [7, 11) is 0. The van der Waals surface area contributed by atoms with E-state index in [1.165, 1.54) is 26.7 Å². The number of nitrogens with zero attached hydrogens (tertiary/aromatic N) is 1. The highest BCUT2D eigenvalue weighted by atomic mass is 32.2. The van der Waals surface area contributed by atoms with Crippen LogP contribution in [0, 0.1) is 0 Å². The van der Waals surface area contributed by atoms with Gasteiger partial charge in [-0.25, -0.2) is 0 Å². The molecule has 0 amide bonds. The minimum atomic E-state index is 0.818. The SMILES string of the molecule is CCN=C(SC)c1ccc2c(c1)Nc1ccccc1S2. The average molecular weight is 300 g/mol. The molecule has 0 atom stereocenters. The Bertz CT molecular complexity index is 665. The molecule has 1 aliphatic rings. The number of rotatable bonds is 2. The molecule has 0 radical (unpaired) electrons. The van der Waals surface area contributed by atoms with Crippen LogP contribution in [-0.4, -0.2) is 17.8 Å². The van der Waals surface area contributed by atoms with E-state index in [0.717, 1.165) is 11.6 Å². The lowest BCUT2D eigenvalue weighted by molar-refractivity contribution is 1.14. The van der Waals surface area contributed by atoms with Crippen molar-refractivity contribution in [3.05, 3.63) is 48.0 Å². The summed E-state index contributed by atoms with van der Waals surface area (Å²) >= 11 is 3.51. The van der Waals surface area contributed by atoms with E-state index in [1.54, 1.807) is 11.8 Å². The summed E-state index contributed by atoms with van der Waals surface area (Å²) in [5.74, 6) is 0. The standard InChI is InChI=1S/C16H16N2S2/c1-3-17-16(19-2)11-8-9-15-13(10-11)18-12-6-4-5-7-14(12)20-15/h4-10,18H,3H2,1-2H3. The molecule has 20 heavy (non-hydrogen) atoms. The summed E-state index contributed by atoms with van der Waals surface area (Å²) in [6.07, 6.45) is 2.07. The zero-order valence-electron chi connectivity index (χ0n) is 11.5. The maximum Gasteiger partial charge on any atom is 0.0974 e. The maximum atomic E-state index is 4.55. The molecule has 0 bridgehead atoms. The minimum absolute atomic E-state index is 0.818. The first kappa shape index (κ1) is 13.6. The van der Waals surface area contributed by atoms with E-state index < -0.39 is 0 Å². The van der Waals surface area contributed by atoms with Gasteiger partial charge in [0.15, 0.2) is 0 Å². The van der Waals surface area contributed by atoms with E-state index >= 15 is 0 Å². The molecule has 3 rings (SSSR count). The van der Waals surface area contributed by atoms with Gasteiger partial charge in [0.05, 0.1) is 16.4 Å². The second-order valence-electron chi connectivity index (χ2n) is 4.42. The summed E-state index contributed by atoms with van der Waals surface area (Å²) < 4.78 is 0. The molecule has 0 spiro atoms. The molecule has 1 N–H and O–H groups in total. The van der Waals surface area contributed by atoms with Gasteiger partial charge in [0.2, 0.25) is 0 Å². The van der Waals surface area contributed by atoms with Crippen LogP contribution in [0.15, 0.2) is 57.2 Å². The summed E-state index contributed by atoms with van der Waals surface area (Å²) in [5, 5.41) is 4.61. The molecule has 2 aromatic rings. The van der Waals surface area contributed by atoms with Gasteiger partial charge in [0, 0.05) is 21.9 Å². The molecule has 0 saturated carbocycles. The molecule has 0 saturated heterocycles. The Kier molecular flexibility index (Phi) is 4.03. The van der Waals surface area contributed by atoms with E-state index in [2.05, 4.69) is 66.0 Å². The van der Waals surface area contributed by atoms with Crippen LogP contribution < -0.4 is 5.32 Å². The molecule has 0 aliphatic carbocycles.